The van der Waals surface area contributed by atoms with E-state index < -0.39 is 0 Å². The smallest absolute Gasteiger partial charge is 0.180 e. The summed E-state index contributed by atoms with van der Waals surface area (Å²) in [5.41, 5.74) is 8.14. The molecule has 2 N–H and O–H groups in total. The van der Waals surface area contributed by atoms with Gasteiger partial charge in [0.05, 0.1) is 5.69 Å². The van der Waals surface area contributed by atoms with Crippen LogP contribution in [0.5, 0.6) is 5.75 Å². The third-order valence-corrected chi connectivity index (χ3v) is 4.09. The summed E-state index contributed by atoms with van der Waals surface area (Å²) in [4.78, 5) is 5.40. The fraction of sp³-hybridized carbons (Fsp3) is 0.118. The Hall–Kier alpha value is -2.40. The number of aryl methyl sites for hydroxylation is 1. The standard InChI is InChI=1S/C17H15FN2OS/c1-11-16(20-17(19)22-11)12-6-8-14(9-7-12)21-10-13-4-2-3-5-15(13)18/h2-9H,10H2,1H3,(H2,19,20). The normalized spacial score (nSPS) is 10.6. The van der Waals surface area contributed by atoms with Crippen molar-refractivity contribution < 1.29 is 9.13 Å². The number of thiazole rings is 1. The molecular weight excluding hydrogens is 299 g/mol. The molecule has 1 heterocycles. The predicted octanol–water partition coefficient (Wildman–Crippen LogP) is 4.42. The van der Waals surface area contributed by atoms with Gasteiger partial charge in [0.15, 0.2) is 5.13 Å². The van der Waals surface area contributed by atoms with Gasteiger partial charge in [-0.2, -0.15) is 0 Å². The van der Waals surface area contributed by atoms with Crippen LogP contribution >= 0.6 is 11.3 Å². The molecule has 0 atom stereocenters. The van der Waals surface area contributed by atoms with Gasteiger partial charge in [-0.05, 0) is 37.3 Å². The zero-order chi connectivity index (χ0) is 15.5. The summed E-state index contributed by atoms with van der Waals surface area (Å²) in [6.45, 7) is 2.20. The number of nitrogens with two attached hydrogens (primary N) is 1. The molecule has 0 unspecified atom stereocenters. The van der Waals surface area contributed by atoms with Gasteiger partial charge >= 0.3 is 0 Å². The predicted molar refractivity (Wildman–Crippen MR) is 87.4 cm³/mol. The van der Waals surface area contributed by atoms with Crippen LogP contribution in [-0.2, 0) is 6.61 Å². The van der Waals surface area contributed by atoms with Crippen LogP contribution in [-0.4, -0.2) is 4.98 Å². The monoisotopic (exact) mass is 314 g/mol. The van der Waals surface area contributed by atoms with Gasteiger partial charge in [-0.25, -0.2) is 9.37 Å². The molecule has 0 saturated carbocycles. The number of hydrogen-bond donors (Lipinski definition) is 1. The molecule has 2 aromatic carbocycles. The fourth-order valence-corrected chi connectivity index (χ4v) is 2.88. The van der Waals surface area contributed by atoms with Crippen molar-refractivity contribution in [3.63, 3.8) is 0 Å². The van der Waals surface area contributed by atoms with Crippen LogP contribution in [0.1, 0.15) is 10.4 Å². The zero-order valence-corrected chi connectivity index (χ0v) is 12.9. The Morgan fingerprint density at radius 1 is 1.14 bits per heavy atom. The lowest BCUT2D eigenvalue weighted by atomic mass is 10.1. The molecule has 1 aromatic heterocycles. The molecule has 0 spiro atoms. The first kappa shape index (κ1) is 14.5. The third-order valence-electron chi connectivity index (χ3n) is 3.29. The number of anilines is 1. The van der Waals surface area contributed by atoms with Crippen molar-refractivity contribution >= 4 is 16.5 Å². The average Bonchev–Trinajstić information content (AvgIpc) is 2.86. The maximum absolute atomic E-state index is 13.5. The van der Waals surface area contributed by atoms with Crippen LogP contribution in [0, 0.1) is 12.7 Å². The van der Waals surface area contributed by atoms with Crippen molar-refractivity contribution in [1.29, 1.82) is 0 Å². The first-order valence-corrected chi connectivity index (χ1v) is 7.64. The van der Waals surface area contributed by atoms with Gasteiger partial charge in [0, 0.05) is 16.0 Å². The molecule has 0 radical (unpaired) electrons. The highest BCUT2D eigenvalue weighted by Crippen LogP contribution is 2.29. The van der Waals surface area contributed by atoms with Gasteiger partial charge in [0.25, 0.3) is 0 Å². The SMILES string of the molecule is Cc1sc(N)nc1-c1ccc(OCc2ccccc2F)cc1. The van der Waals surface area contributed by atoms with E-state index in [9.17, 15) is 4.39 Å². The van der Waals surface area contributed by atoms with Crippen molar-refractivity contribution in [2.45, 2.75) is 13.5 Å². The minimum Gasteiger partial charge on any atom is -0.489 e. The number of nitrogens with zero attached hydrogens (tertiary/aromatic N) is 1. The van der Waals surface area contributed by atoms with Crippen LogP contribution in [0.4, 0.5) is 9.52 Å². The molecule has 0 fully saturated rings. The van der Waals surface area contributed by atoms with Crippen LogP contribution in [0.2, 0.25) is 0 Å². The third kappa shape index (κ3) is 3.09. The Bertz CT molecular complexity index is 784. The summed E-state index contributed by atoms with van der Waals surface area (Å²) in [6.07, 6.45) is 0. The lowest BCUT2D eigenvalue weighted by Crippen LogP contribution is -1.98. The topological polar surface area (TPSA) is 48.1 Å². The van der Waals surface area contributed by atoms with Gasteiger partial charge in [-0.1, -0.05) is 18.2 Å². The number of ether oxygens (including phenoxy) is 1. The van der Waals surface area contributed by atoms with E-state index in [-0.39, 0.29) is 12.4 Å². The number of hydrogen-bond acceptors (Lipinski definition) is 4. The van der Waals surface area contributed by atoms with Gasteiger partial charge in [-0.3, -0.25) is 0 Å². The number of halogens is 1. The maximum Gasteiger partial charge on any atom is 0.180 e. The average molecular weight is 314 g/mol. The van der Waals surface area contributed by atoms with E-state index in [0.717, 1.165) is 16.1 Å². The molecular formula is C17H15FN2OS. The molecule has 112 valence electrons. The van der Waals surface area contributed by atoms with Crippen molar-refractivity contribution in [3.05, 3.63) is 64.8 Å². The molecule has 3 aromatic rings. The number of nitrogen functional groups attached to an aromatic ring is 1. The summed E-state index contributed by atoms with van der Waals surface area (Å²) in [7, 11) is 0. The van der Waals surface area contributed by atoms with Gasteiger partial charge in [-0.15, -0.1) is 11.3 Å². The number of benzene rings is 2. The summed E-state index contributed by atoms with van der Waals surface area (Å²) in [5.74, 6) is 0.431. The van der Waals surface area contributed by atoms with Gasteiger partial charge < -0.3 is 10.5 Å². The maximum atomic E-state index is 13.5. The van der Waals surface area contributed by atoms with E-state index in [4.69, 9.17) is 10.5 Å². The number of aromatic nitrogens is 1. The first-order valence-electron chi connectivity index (χ1n) is 6.83. The van der Waals surface area contributed by atoms with E-state index in [2.05, 4.69) is 4.98 Å². The molecule has 0 aliphatic rings. The Morgan fingerprint density at radius 3 is 2.50 bits per heavy atom. The molecule has 3 nitrogen and oxygen atoms in total. The Balaban J connectivity index is 1.72. The molecule has 0 bridgehead atoms. The molecule has 3 rings (SSSR count). The lowest BCUT2D eigenvalue weighted by Gasteiger charge is -2.08. The van der Waals surface area contributed by atoms with E-state index in [0.29, 0.717) is 16.4 Å². The van der Waals surface area contributed by atoms with E-state index in [1.165, 1.54) is 17.4 Å². The van der Waals surface area contributed by atoms with Crippen LogP contribution < -0.4 is 10.5 Å². The van der Waals surface area contributed by atoms with E-state index in [1.54, 1.807) is 18.2 Å². The second-order valence-electron chi connectivity index (χ2n) is 4.86. The molecule has 22 heavy (non-hydrogen) atoms. The van der Waals surface area contributed by atoms with Crippen molar-refractivity contribution in [2.75, 3.05) is 5.73 Å². The Labute approximate surface area is 132 Å². The molecule has 0 aliphatic heterocycles. The minimum atomic E-state index is -0.257. The lowest BCUT2D eigenvalue weighted by molar-refractivity contribution is 0.300. The molecule has 0 saturated heterocycles. The number of rotatable bonds is 4. The molecule has 0 amide bonds. The minimum absolute atomic E-state index is 0.203. The first-order chi connectivity index (χ1) is 10.6. The largest absolute Gasteiger partial charge is 0.489 e. The summed E-state index contributed by atoms with van der Waals surface area (Å²) < 4.78 is 19.1. The van der Waals surface area contributed by atoms with Crippen LogP contribution in [0.25, 0.3) is 11.3 Å². The van der Waals surface area contributed by atoms with Crippen molar-refractivity contribution in [1.82, 2.24) is 4.98 Å². The van der Waals surface area contributed by atoms with E-state index in [1.807, 2.05) is 31.2 Å². The molecule has 0 aliphatic carbocycles. The van der Waals surface area contributed by atoms with E-state index >= 15 is 0 Å². The van der Waals surface area contributed by atoms with Gasteiger partial charge in [0.1, 0.15) is 18.2 Å². The fourth-order valence-electron chi connectivity index (χ4n) is 2.17. The Kier molecular flexibility index (Phi) is 4.06. The second-order valence-corrected chi connectivity index (χ2v) is 6.10. The van der Waals surface area contributed by atoms with Crippen molar-refractivity contribution in [3.8, 4) is 17.0 Å². The van der Waals surface area contributed by atoms with Crippen molar-refractivity contribution in [2.24, 2.45) is 0 Å². The van der Waals surface area contributed by atoms with Gasteiger partial charge in [0.2, 0.25) is 0 Å². The summed E-state index contributed by atoms with van der Waals surface area (Å²) in [5, 5.41) is 0.562. The second kappa shape index (κ2) is 6.15. The van der Waals surface area contributed by atoms with Crippen LogP contribution in [0.15, 0.2) is 48.5 Å². The molecule has 5 heteroatoms. The highest BCUT2D eigenvalue weighted by Gasteiger charge is 2.08. The summed E-state index contributed by atoms with van der Waals surface area (Å²) >= 11 is 1.47. The zero-order valence-electron chi connectivity index (χ0n) is 12.0. The highest BCUT2D eigenvalue weighted by molar-refractivity contribution is 7.15. The Morgan fingerprint density at radius 2 is 1.86 bits per heavy atom. The highest BCUT2D eigenvalue weighted by atomic mass is 32.1. The quantitative estimate of drug-likeness (QED) is 0.775. The summed E-state index contributed by atoms with van der Waals surface area (Å²) in [6, 6.07) is 14.2. The van der Waals surface area contributed by atoms with Crippen LogP contribution in [0.3, 0.4) is 0 Å².